The van der Waals surface area contributed by atoms with E-state index in [-0.39, 0.29) is 54.8 Å². The Labute approximate surface area is 295 Å². The predicted octanol–water partition coefficient (Wildman–Crippen LogP) is 6.51. The number of hydrogen-bond acceptors (Lipinski definition) is 11. The fourth-order valence-corrected chi connectivity index (χ4v) is 5.53. The van der Waals surface area contributed by atoms with Crippen LogP contribution in [0, 0.1) is 5.82 Å². The van der Waals surface area contributed by atoms with Crippen molar-refractivity contribution >= 4 is 35.0 Å². The number of aromatic nitrogens is 1. The molecule has 0 aliphatic carbocycles. The minimum atomic E-state index is -1.21. The van der Waals surface area contributed by atoms with Crippen molar-refractivity contribution in [3.05, 3.63) is 96.0 Å². The van der Waals surface area contributed by atoms with E-state index < -0.39 is 24.1 Å². The third-order valence-electron chi connectivity index (χ3n) is 7.80. The number of benzene rings is 3. The molecule has 0 radical (unpaired) electrons. The minimum Gasteiger partial charge on any atom is -0.493 e. The number of nitrogens with zero attached hydrogens (tertiary/aromatic N) is 2. The van der Waals surface area contributed by atoms with Crippen molar-refractivity contribution in [3.8, 4) is 22.6 Å². The van der Waals surface area contributed by atoms with E-state index in [1.54, 1.807) is 36.4 Å². The Morgan fingerprint density at radius 2 is 1.67 bits per heavy atom. The van der Waals surface area contributed by atoms with Gasteiger partial charge < -0.3 is 29.0 Å². The Balaban J connectivity index is 1.35. The molecule has 0 amide bonds. The van der Waals surface area contributed by atoms with Gasteiger partial charge in [-0.2, -0.15) is 0 Å². The first-order valence-electron chi connectivity index (χ1n) is 16.4. The normalized spacial score (nSPS) is 13.1. The number of carbonyl (C=O) groups is 2. The maximum Gasteiger partial charge on any atom is 0.330 e. The van der Waals surface area contributed by atoms with Crippen LogP contribution in [0.15, 0.2) is 78.9 Å². The Morgan fingerprint density at radius 3 is 2.37 bits per heavy atom. The summed E-state index contributed by atoms with van der Waals surface area (Å²) in [6, 6.07) is 18.9. The third kappa shape index (κ3) is 11.3. The maximum absolute atomic E-state index is 13.8. The van der Waals surface area contributed by atoms with Crippen LogP contribution in [-0.2, 0) is 19.2 Å². The molecule has 0 saturated carbocycles. The first-order valence-corrected chi connectivity index (χ1v) is 16.4. The van der Waals surface area contributed by atoms with Gasteiger partial charge in [0.05, 0.1) is 44.3 Å². The van der Waals surface area contributed by atoms with Gasteiger partial charge in [0.15, 0.2) is 11.5 Å². The molecule has 51 heavy (non-hydrogen) atoms. The summed E-state index contributed by atoms with van der Waals surface area (Å²) < 4.78 is 31.8. The molecule has 0 saturated heterocycles. The molecular formula is C38H43FN2O10. The molecule has 0 aliphatic rings. The third-order valence-corrected chi connectivity index (χ3v) is 7.80. The number of rotatable bonds is 18. The molecule has 0 aliphatic heterocycles. The smallest absolute Gasteiger partial charge is 0.330 e. The van der Waals surface area contributed by atoms with Gasteiger partial charge in [0.1, 0.15) is 5.82 Å². The van der Waals surface area contributed by atoms with E-state index in [0.29, 0.717) is 18.4 Å². The number of halogens is 1. The molecule has 2 atom stereocenters. The second-order valence-corrected chi connectivity index (χ2v) is 11.9. The molecule has 4 aromatic rings. The molecule has 12 nitrogen and oxygen atoms in total. The Bertz CT molecular complexity index is 1820. The van der Waals surface area contributed by atoms with Crippen LogP contribution in [0.1, 0.15) is 56.8 Å². The molecule has 4 N–H and O–H groups in total. The molecule has 1 heterocycles. The van der Waals surface area contributed by atoms with Gasteiger partial charge in [-0.05, 0) is 80.3 Å². The lowest BCUT2D eigenvalue weighted by molar-refractivity contribution is -0.492. The summed E-state index contributed by atoms with van der Waals surface area (Å²) in [6.07, 6.45) is 4.15. The monoisotopic (exact) mass is 706 g/mol. The quantitative estimate of drug-likeness (QED) is 0.0294. The molecule has 0 bridgehead atoms. The van der Waals surface area contributed by atoms with Gasteiger partial charge in [-0.3, -0.25) is 20.0 Å². The molecule has 4 rings (SSSR count). The number of ether oxygens (including phenoxy) is 3. The zero-order chi connectivity index (χ0) is 36.9. The summed E-state index contributed by atoms with van der Waals surface area (Å²) in [6.45, 7) is 4.26. The number of esters is 2. The lowest BCUT2D eigenvalue weighted by Crippen LogP contribution is -2.22. The van der Waals surface area contributed by atoms with Gasteiger partial charge in [0.2, 0.25) is 0 Å². The van der Waals surface area contributed by atoms with Crippen LogP contribution in [0.4, 0.5) is 4.39 Å². The standard InChI is InChI=1S/C38H43FN2O10/c1-25(2)40-32-9-5-4-8-31(32)38(27-12-14-28(39)15-13-27)33(40)17-16-29(42)23-30(43)24-37(45)51-34-18-10-26(22-35(34)48-3)11-19-36(44)49-20-6-7-21-50-41(46)47/h4-5,8-19,22,25,29-30,42-43,46-47H,6-7,20-21,23-24H2,1-3H3/b17-16+,19-11+/t29-,30-/m1/s1. The van der Waals surface area contributed by atoms with Crippen LogP contribution in [0.5, 0.6) is 11.5 Å². The van der Waals surface area contributed by atoms with Crippen molar-refractivity contribution in [2.24, 2.45) is 0 Å². The first-order chi connectivity index (χ1) is 24.5. The summed E-state index contributed by atoms with van der Waals surface area (Å²) in [5.74, 6) is -1.34. The lowest BCUT2D eigenvalue weighted by Gasteiger charge is -2.16. The van der Waals surface area contributed by atoms with Crippen molar-refractivity contribution in [1.82, 2.24) is 9.96 Å². The largest absolute Gasteiger partial charge is 0.493 e. The van der Waals surface area contributed by atoms with E-state index in [4.69, 9.17) is 24.6 Å². The Hall–Kier alpha value is -4.89. The van der Waals surface area contributed by atoms with Crippen LogP contribution in [0.25, 0.3) is 34.2 Å². The predicted molar refractivity (Wildman–Crippen MR) is 187 cm³/mol. The molecule has 272 valence electrons. The maximum atomic E-state index is 13.8. The Kier molecular flexibility index (Phi) is 14.4. The van der Waals surface area contributed by atoms with Crippen molar-refractivity contribution < 1.29 is 53.7 Å². The first kappa shape index (κ1) is 38.9. The highest BCUT2D eigenvalue weighted by Crippen LogP contribution is 2.38. The zero-order valence-electron chi connectivity index (χ0n) is 28.6. The van der Waals surface area contributed by atoms with Gasteiger partial charge in [-0.15, -0.1) is 0 Å². The summed E-state index contributed by atoms with van der Waals surface area (Å²) in [5, 5.41) is 39.0. The number of fused-ring (bicyclic) bond motifs is 1. The second kappa shape index (κ2) is 18.9. The van der Waals surface area contributed by atoms with E-state index in [1.165, 1.54) is 37.5 Å². The average Bonchev–Trinajstić information content (AvgIpc) is 3.43. The van der Waals surface area contributed by atoms with Crippen molar-refractivity contribution in [2.45, 2.75) is 57.8 Å². The summed E-state index contributed by atoms with van der Waals surface area (Å²) in [4.78, 5) is 29.1. The summed E-state index contributed by atoms with van der Waals surface area (Å²) in [5.41, 5.74) is 4.08. The Morgan fingerprint density at radius 1 is 0.941 bits per heavy atom. The molecule has 1 aromatic heterocycles. The van der Waals surface area contributed by atoms with E-state index in [1.807, 2.05) is 24.3 Å². The van der Waals surface area contributed by atoms with Crippen LogP contribution >= 0.6 is 0 Å². The minimum absolute atomic E-state index is 0.0449. The fourth-order valence-electron chi connectivity index (χ4n) is 5.53. The summed E-state index contributed by atoms with van der Waals surface area (Å²) in [7, 11) is 1.39. The summed E-state index contributed by atoms with van der Waals surface area (Å²) >= 11 is 0. The number of unbranched alkanes of at least 4 members (excludes halogenated alkanes) is 1. The number of aliphatic hydroxyl groups is 2. The van der Waals surface area contributed by atoms with E-state index in [2.05, 4.69) is 23.3 Å². The number of methoxy groups -OCH3 is 1. The van der Waals surface area contributed by atoms with Gasteiger partial charge in [0, 0.05) is 40.7 Å². The molecule has 0 spiro atoms. The van der Waals surface area contributed by atoms with Gasteiger partial charge in [-0.1, -0.05) is 42.5 Å². The van der Waals surface area contributed by atoms with E-state index >= 15 is 0 Å². The van der Waals surface area contributed by atoms with Crippen LogP contribution in [-0.4, -0.2) is 75.1 Å². The zero-order valence-corrected chi connectivity index (χ0v) is 28.6. The molecule has 0 fully saturated rings. The van der Waals surface area contributed by atoms with E-state index in [0.717, 1.165) is 27.7 Å². The number of carbonyl (C=O) groups excluding carboxylic acids is 2. The second-order valence-electron chi connectivity index (χ2n) is 11.9. The SMILES string of the molecule is COc1cc(/C=C/C(=O)OCCCCON(O)O)ccc1OC(=O)C[C@H](O)C[C@H](O)/C=C/c1c(-c2ccc(F)cc2)c2ccccc2n1C(C)C. The van der Waals surface area contributed by atoms with Crippen molar-refractivity contribution in [3.63, 3.8) is 0 Å². The molecule has 0 unspecified atom stereocenters. The van der Waals surface area contributed by atoms with Gasteiger partial charge in [0.25, 0.3) is 0 Å². The average molecular weight is 707 g/mol. The number of para-hydroxylation sites is 1. The molecule has 3 aromatic carbocycles. The molecular weight excluding hydrogens is 663 g/mol. The topological polar surface area (TPSA) is 160 Å². The van der Waals surface area contributed by atoms with Crippen LogP contribution < -0.4 is 9.47 Å². The van der Waals surface area contributed by atoms with E-state index in [9.17, 15) is 24.2 Å². The van der Waals surface area contributed by atoms with Crippen molar-refractivity contribution in [1.29, 1.82) is 0 Å². The highest BCUT2D eigenvalue weighted by atomic mass is 19.1. The van der Waals surface area contributed by atoms with Crippen molar-refractivity contribution in [2.75, 3.05) is 20.3 Å². The number of hydrogen-bond donors (Lipinski definition) is 4. The van der Waals surface area contributed by atoms with Crippen LogP contribution in [0.3, 0.4) is 0 Å². The number of aliphatic hydroxyl groups excluding tert-OH is 2. The fraction of sp³-hybridized carbons (Fsp3) is 0.316. The van der Waals surface area contributed by atoms with Crippen LogP contribution in [0.2, 0.25) is 0 Å². The highest BCUT2D eigenvalue weighted by Gasteiger charge is 2.21. The van der Waals surface area contributed by atoms with Gasteiger partial charge in [-0.25, -0.2) is 9.18 Å². The van der Waals surface area contributed by atoms with Gasteiger partial charge >= 0.3 is 11.9 Å². The highest BCUT2D eigenvalue weighted by molar-refractivity contribution is 6.01. The lowest BCUT2D eigenvalue weighted by atomic mass is 10.0. The molecule has 13 heteroatoms.